The Morgan fingerprint density at radius 1 is 1.37 bits per heavy atom. The average Bonchev–Trinajstić information content (AvgIpc) is 3.52. The van der Waals surface area contributed by atoms with Crippen LogP contribution in [0.15, 0.2) is 46.1 Å². The Bertz CT molecular complexity index is 940. The van der Waals surface area contributed by atoms with E-state index in [9.17, 15) is 0 Å². The molecule has 1 fully saturated rings. The van der Waals surface area contributed by atoms with Crippen LogP contribution in [0.3, 0.4) is 0 Å². The van der Waals surface area contributed by atoms with Crippen molar-refractivity contribution in [3.8, 4) is 0 Å². The monoisotopic (exact) mass is 410 g/mol. The summed E-state index contributed by atoms with van der Waals surface area (Å²) in [5, 5.41) is 16.2. The highest BCUT2D eigenvalue weighted by Gasteiger charge is 2.17. The normalized spacial score (nSPS) is 18.1. The van der Waals surface area contributed by atoms with Gasteiger partial charge in [-0.05, 0) is 31.9 Å². The molecule has 1 saturated heterocycles. The van der Waals surface area contributed by atoms with E-state index in [0.29, 0.717) is 6.54 Å². The number of benzene rings is 1. The van der Waals surface area contributed by atoms with Gasteiger partial charge in [0.2, 0.25) is 0 Å². The Morgan fingerprint density at radius 2 is 2.27 bits per heavy atom. The maximum atomic E-state index is 6.01. The van der Waals surface area contributed by atoms with Crippen LogP contribution in [0, 0.1) is 0 Å². The molecule has 8 heteroatoms. The van der Waals surface area contributed by atoms with Crippen LogP contribution >= 0.6 is 0 Å². The fourth-order valence-corrected chi connectivity index (χ4v) is 3.66. The third kappa shape index (κ3) is 4.99. The van der Waals surface area contributed by atoms with Crippen LogP contribution in [0.2, 0.25) is 0 Å². The quantitative estimate of drug-likeness (QED) is 0.438. The summed E-state index contributed by atoms with van der Waals surface area (Å²) in [6.07, 6.45) is 5.01. The molecule has 1 aromatic carbocycles. The van der Waals surface area contributed by atoms with Gasteiger partial charge in [0, 0.05) is 31.5 Å². The number of aryl methyl sites for hydroxylation is 1. The zero-order valence-corrected chi connectivity index (χ0v) is 17.7. The first kappa shape index (κ1) is 20.4. The molecule has 0 radical (unpaired) electrons. The molecule has 2 unspecified atom stereocenters. The number of aliphatic imine (C=N–C) groups is 1. The number of rotatable bonds is 8. The van der Waals surface area contributed by atoms with E-state index >= 15 is 0 Å². The van der Waals surface area contributed by atoms with Crippen LogP contribution in [0.4, 0.5) is 0 Å². The average molecular weight is 411 g/mol. The highest BCUT2D eigenvalue weighted by atomic mass is 16.5. The van der Waals surface area contributed by atoms with E-state index in [2.05, 4.69) is 51.4 Å². The molecule has 3 aromatic rings. The molecule has 0 aliphatic carbocycles. The van der Waals surface area contributed by atoms with E-state index in [4.69, 9.17) is 14.1 Å². The summed E-state index contributed by atoms with van der Waals surface area (Å²) in [6, 6.07) is 10.1. The van der Waals surface area contributed by atoms with Crippen molar-refractivity contribution in [2.75, 3.05) is 19.7 Å². The van der Waals surface area contributed by atoms with Crippen molar-refractivity contribution in [2.24, 2.45) is 4.99 Å². The molecule has 160 valence electrons. The second kappa shape index (κ2) is 9.75. The van der Waals surface area contributed by atoms with E-state index in [1.165, 1.54) is 0 Å². The molecule has 0 amide bonds. The first-order valence-electron chi connectivity index (χ1n) is 10.7. The molecule has 4 rings (SSSR count). The molecular formula is C22H30N6O2. The van der Waals surface area contributed by atoms with Gasteiger partial charge in [0.15, 0.2) is 5.96 Å². The summed E-state index contributed by atoms with van der Waals surface area (Å²) in [4.78, 5) is 4.77. The maximum Gasteiger partial charge on any atom is 0.192 e. The fraction of sp³-hybridized carbons (Fsp3) is 0.500. The molecule has 30 heavy (non-hydrogen) atoms. The van der Waals surface area contributed by atoms with Crippen molar-refractivity contribution >= 4 is 16.9 Å². The number of ether oxygens (including phenoxy) is 1. The molecule has 8 nitrogen and oxygen atoms in total. The lowest BCUT2D eigenvalue weighted by atomic mass is 10.2. The Hall–Kier alpha value is -2.87. The van der Waals surface area contributed by atoms with Crippen LogP contribution in [0.25, 0.3) is 11.0 Å². The van der Waals surface area contributed by atoms with Crippen molar-refractivity contribution < 1.29 is 9.15 Å². The van der Waals surface area contributed by atoms with E-state index < -0.39 is 0 Å². The van der Waals surface area contributed by atoms with Gasteiger partial charge in [-0.1, -0.05) is 25.1 Å². The van der Waals surface area contributed by atoms with E-state index in [-0.39, 0.29) is 12.1 Å². The van der Waals surface area contributed by atoms with Gasteiger partial charge in [-0.2, -0.15) is 0 Å². The van der Waals surface area contributed by atoms with Crippen molar-refractivity contribution in [2.45, 2.75) is 51.8 Å². The predicted molar refractivity (Wildman–Crippen MR) is 116 cm³/mol. The lowest BCUT2D eigenvalue weighted by Gasteiger charge is -2.18. The van der Waals surface area contributed by atoms with Crippen LogP contribution in [-0.2, 0) is 17.7 Å². The molecule has 1 aliphatic rings. The van der Waals surface area contributed by atoms with Crippen LogP contribution in [-0.4, -0.2) is 46.5 Å². The summed E-state index contributed by atoms with van der Waals surface area (Å²) < 4.78 is 13.8. The Morgan fingerprint density at radius 3 is 3.07 bits per heavy atom. The summed E-state index contributed by atoms with van der Waals surface area (Å²) in [5.74, 6) is 2.62. The van der Waals surface area contributed by atoms with Gasteiger partial charge in [0.05, 0.1) is 18.7 Å². The first-order valence-corrected chi connectivity index (χ1v) is 10.7. The van der Waals surface area contributed by atoms with Crippen molar-refractivity contribution in [3.05, 3.63) is 48.2 Å². The summed E-state index contributed by atoms with van der Waals surface area (Å²) in [6.45, 7) is 7.13. The zero-order chi connectivity index (χ0) is 20.8. The second-order valence-electron chi connectivity index (χ2n) is 7.60. The first-order chi connectivity index (χ1) is 14.7. The van der Waals surface area contributed by atoms with Gasteiger partial charge < -0.3 is 24.4 Å². The molecule has 2 N–H and O–H groups in total. The lowest BCUT2D eigenvalue weighted by molar-refractivity contribution is 0.117. The van der Waals surface area contributed by atoms with Crippen molar-refractivity contribution in [3.63, 3.8) is 0 Å². The van der Waals surface area contributed by atoms with E-state index in [1.54, 1.807) is 6.33 Å². The molecule has 0 bridgehead atoms. The van der Waals surface area contributed by atoms with Gasteiger partial charge >= 0.3 is 0 Å². The molecule has 3 heterocycles. The number of furan rings is 1. The second-order valence-corrected chi connectivity index (χ2v) is 7.60. The number of hydrogen-bond acceptors (Lipinski definition) is 5. The molecule has 1 aliphatic heterocycles. The van der Waals surface area contributed by atoms with Gasteiger partial charge in [-0.25, -0.2) is 0 Å². The SMILES string of the molecule is CCc1nncn1CCNC(=NCC1CCCO1)NC(C)c1cc2ccccc2o1. The molecule has 2 atom stereocenters. The smallest absolute Gasteiger partial charge is 0.192 e. The zero-order valence-electron chi connectivity index (χ0n) is 17.7. The minimum absolute atomic E-state index is 0.0192. The minimum Gasteiger partial charge on any atom is -0.459 e. The summed E-state index contributed by atoms with van der Waals surface area (Å²) in [5.41, 5.74) is 0.895. The lowest BCUT2D eigenvalue weighted by Crippen LogP contribution is -2.40. The highest BCUT2D eigenvalue weighted by molar-refractivity contribution is 5.81. The number of aromatic nitrogens is 3. The third-order valence-corrected chi connectivity index (χ3v) is 5.36. The highest BCUT2D eigenvalue weighted by Crippen LogP contribution is 2.23. The Balaban J connectivity index is 1.41. The minimum atomic E-state index is -0.0192. The standard InChI is InChI=1S/C22H30N6O2/c1-3-21-27-25-15-28(21)11-10-23-22(24-14-18-8-6-12-29-18)26-16(2)20-13-17-7-4-5-9-19(17)30-20/h4-5,7,9,13,15-16,18H,3,6,8,10-12,14H2,1-2H3,(H2,23,24,26). The topological polar surface area (TPSA) is 89.5 Å². The Labute approximate surface area is 176 Å². The molecule has 0 saturated carbocycles. The number of nitrogens with one attached hydrogen (secondary N) is 2. The van der Waals surface area contributed by atoms with Gasteiger partial charge in [0.25, 0.3) is 0 Å². The van der Waals surface area contributed by atoms with Crippen LogP contribution in [0.1, 0.15) is 44.3 Å². The van der Waals surface area contributed by atoms with Crippen LogP contribution < -0.4 is 10.6 Å². The van der Waals surface area contributed by atoms with Crippen molar-refractivity contribution in [1.29, 1.82) is 0 Å². The van der Waals surface area contributed by atoms with E-state index in [0.717, 1.165) is 67.5 Å². The molecule has 2 aromatic heterocycles. The molecular weight excluding hydrogens is 380 g/mol. The Kier molecular flexibility index (Phi) is 6.63. The number of hydrogen-bond donors (Lipinski definition) is 2. The molecule has 0 spiro atoms. The number of guanidine groups is 1. The number of nitrogens with zero attached hydrogens (tertiary/aromatic N) is 4. The predicted octanol–water partition coefficient (Wildman–Crippen LogP) is 3.06. The fourth-order valence-electron chi connectivity index (χ4n) is 3.66. The van der Waals surface area contributed by atoms with E-state index in [1.807, 2.05) is 18.2 Å². The largest absolute Gasteiger partial charge is 0.459 e. The van der Waals surface area contributed by atoms with Gasteiger partial charge in [-0.3, -0.25) is 4.99 Å². The number of fused-ring (bicyclic) bond motifs is 1. The van der Waals surface area contributed by atoms with Crippen LogP contribution in [0.5, 0.6) is 0 Å². The number of para-hydroxylation sites is 1. The third-order valence-electron chi connectivity index (χ3n) is 5.36. The summed E-state index contributed by atoms with van der Waals surface area (Å²) >= 11 is 0. The maximum absolute atomic E-state index is 6.01. The van der Waals surface area contributed by atoms with Gasteiger partial charge in [-0.15, -0.1) is 10.2 Å². The van der Waals surface area contributed by atoms with Gasteiger partial charge in [0.1, 0.15) is 23.5 Å². The van der Waals surface area contributed by atoms with Crippen molar-refractivity contribution in [1.82, 2.24) is 25.4 Å². The summed E-state index contributed by atoms with van der Waals surface area (Å²) in [7, 11) is 0.